The summed E-state index contributed by atoms with van der Waals surface area (Å²) in [5, 5.41) is 14.0. The largest absolute Gasteiger partial charge is 0.495 e. The molecule has 1 heterocycles. The quantitative estimate of drug-likeness (QED) is 0.343. The predicted molar refractivity (Wildman–Crippen MR) is 130 cm³/mol. The molecule has 32 heavy (non-hydrogen) atoms. The summed E-state index contributed by atoms with van der Waals surface area (Å²) in [4.78, 5) is 14.7. The third kappa shape index (κ3) is 3.61. The Bertz CT molecular complexity index is 1480. The Labute approximate surface area is 192 Å². The first kappa shape index (κ1) is 20.2. The second-order valence-corrected chi connectivity index (χ2v) is 8.27. The lowest BCUT2D eigenvalue weighted by Gasteiger charge is -2.13. The number of rotatable bonds is 4. The van der Waals surface area contributed by atoms with Crippen molar-refractivity contribution in [3.8, 4) is 11.4 Å². The van der Waals surface area contributed by atoms with E-state index in [0.717, 1.165) is 26.4 Å². The van der Waals surface area contributed by atoms with Crippen LogP contribution in [-0.4, -0.2) is 28.0 Å². The summed E-state index contributed by atoms with van der Waals surface area (Å²) >= 11 is 3.58. The van der Waals surface area contributed by atoms with Crippen molar-refractivity contribution < 1.29 is 9.53 Å². The number of carbonyl (C=O) groups is 1. The molecule has 1 aromatic heterocycles. The number of ether oxygens (including phenoxy) is 1. The van der Waals surface area contributed by atoms with Crippen molar-refractivity contribution in [1.82, 2.24) is 15.0 Å². The Hall–Kier alpha value is -3.71. The van der Waals surface area contributed by atoms with Gasteiger partial charge in [0, 0.05) is 5.69 Å². The zero-order valence-electron chi connectivity index (χ0n) is 17.5. The number of carbonyl (C=O) groups excluding carboxylic acids is 1. The van der Waals surface area contributed by atoms with Crippen LogP contribution >= 0.6 is 15.9 Å². The van der Waals surface area contributed by atoms with E-state index < -0.39 is 0 Å². The molecule has 0 radical (unpaired) electrons. The van der Waals surface area contributed by atoms with Crippen molar-refractivity contribution >= 4 is 49.3 Å². The topological polar surface area (TPSA) is 69.0 Å². The number of aryl methyl sites for hydroxylation is 1. The standard InChI is InChI=1S/C25H19BrN4O2/c1-15-7-10-18(11-8-15)30-28-21-12-9-17(14-22(21)29-30)27-25(31)20-13-16-5-3-4-6-19(16)23(26)24(20)32-2/h3-14H,1-2H3,(H,27,31). The maximum atomic E-state index is 13.1. The van der Waals surface area contributed by atoms with Gasteiger partial charge in [-0.05, 0) is 70.0 Å². The molecule has 0 fully saturated rings. The molecular formula is C25H19BrN4O2. The molecule has 6 nitrogen and oxygen atoms in total. The number of fused-ring (bicyclic) bond motifs is 2. The van der Waals surface area contributed by atoms with Gasteiger partial charge in [-0.2, -0.15) is 4.80 Å². The number of nitrogens with one attached hydrogen (secondary N) is 1. The number of anilines is 1. The first-order valence-electron chi connectivity index (χ1n) is 10.0. The van der Waals surface area contributed by atoms with Gasteiger partial charge >= 0.3 is 0 Å². The molecule has 1 N–H and O–H groups in total. The van der Waals surface area contributed by atoms with E-state index in [-0.39, 0.29) is 5.91 Å². The smallest absolute Gasteiger partial charge is 0.259 e. The number of methoxy groups -OCH3 is 1. The van der Waals surface area contributed by atoms with E-state index in [4.69, 9.17) is 4.74 Å². The van der Waals surface area contributed by atoms with Gasteiger partial charge in [0.15, 0.2) is 0 Å². The molecule has 0 bridgehead atoms. The third-order valence-electron chi connectivity index (χ3n) is 5.29. The number of halogens is 1. The van der Waals surface area contributed by atoms with Gasteiger partial charge in [0.1, 0.15) is 16.8 Å². The van der Waals surface area contributed by atoms with E-state index in [1.54, 1.807) is 11.9 Å². The first-order chi connectivity index (χ1) is 15.5. The predicted octanol–water partition coefficient (Wildman–Crippen LogP) is 5.91. The van der Waals surface area contributed by atoms with Crippen LogP contribution in [0, 0.1) is 6.92 Å². The Morgan fingerprint density at radius 3 is 2.50 bits per heavy atom. The maximum Gasteiger partial charge on any atom is 0.259 e. The molecule has 0 saturated heterocycles. The van der Waals surface area contributed by atoms with Gasteiger partial charge < -0.3 is 10.1 Å². The van der Waals surface area contributed by atoms with Crippen LogP contribution in [0.25, 0.3) is 27.5 Å². The molecule has 1 amide bonds. The average Bonchev–Trinajstić information content (AvgIpc) is 3.23. The molecule has 0 aliphatic heterocycles. The number of hydrogen-bond donors (Lipinski definition) is 1. The van der Waals surface area contributed by atoms with Crippen molar-refractivity contribution in [2.24, 2.45) is 0 Å². The summed E-state index contributed by atoms with van der Waals surface area (Å²) < 4.78 is 6.29. The summed E-state index contributed by atoms with van der Waals surface area (Å²) in [5.74, 6) is 0.228. The lowest BCUT2D eigenvalue weighted by Crippen LogP contribution is -2.13. The molecule has 0 unspecified atom stereocenters. The number of hydrogen-bond acceptors (Lipinski definition) is 4. The summed E-state index contributed by atoms with van der Waals surface area (Å²) in [6.45, 7) is 2.04. The van der Waals surface area contributed by atoms with Crippen molar-refractivity contribution in [3.63, 3.8) is 0 Å². The molecule has 0 saturated carbocycles. The van der Waals surface area contributed by atoms with Gasteiger partial charge in [0.05, 0.1) is 22.8 Å². The zero-order chi connectivity index (χ0) is 22.2. The summed E-state index contributed by atoms with van der Waals surface area (Å²) in [6.07, 6.45) is 0. The Balaban J connectivity index is 1.48. The molecular weight excluding hydrogens is 468 g/mol. The molecule has 4 aromatic carbocycles. The second-order valence-electron chi connectivity index (χ2n) is 7.48. The average molecular weight is 487 g/mol. The minimum Gasteiger partial charge on any atom is -0.495 e. The van der Waals surface area contributed by atoms with E-state index in [9.17, 15) is 4.79 Å². The Kier molecular flexibility index (Phi) is 5.11. The van der Waals surface area contributed by atoms with Gasteiger partial charge in [-0.25, -0.2) is 0 Å². The highest BCUT2D eigenvalue weighted by atomic mass is 79.9. The van der Waals surface area contributed by atoms with Gasteiger partial charge in [-0.15, -0.1) is 10.2 Å². The first-order valence-corrected chi connectivity index (χ1v) is 10.8. The Morgan fingerprint density at radius 2 is 1.72 bits per heavy atom. The van der Waals surface area contributed by atoms with E-state index in [1.165, 1.54) is 5.56 Å². The van der Waals surface area contributed by atoms with Crippen molar-refractivity contribution in [3.05, 3.63) is 88.4 Å². The van der Waals surface area contributed by atoms with E-state index in [0.29, 0.717) is 22.5 Å². The molecule has 0 spiro atoms. The fourth-order valence-electron chi connectivity index (χ4n) is 3.64. The highest BCUT2D eigenvalue weighted by molar-refractivity contribution is 9.10. The van der Waals surface area contributed by atoms with Gasteiger partial charge in [-0.3, -0.25) is 4.79 Å². The van der Waals surface area contributed by atoms with Crippen LogP contribution in [0.5, 0.6) is 5.75 Å². The number of benzene rings is 4. The van der Waals surface area contributed by atoms with Crippen molar-refractivity contribution in [2.45, 2.75) is 6.92 Å². The monoisotopic (exact) mass is 486 g/mol. The Morgan fingerprint density at radius 1 is 0.969 bits per heavy atom. The van der Waals surface area contributed by atoms with Crippen LogP contribution in [-0.2, 0) is 0 Å². The fourth-order valence-corrected chi connectivity index (χ4v) is 4.37. The zero-order valence-corrected chi connectivity index (χ0v) is 19.1. The lowest BCUT2D eigenvalue weighted by atomic mass is 10.1. The summed E-state index contributed by atoms with van der Waals surface area (Å²) in [5.41, 5.74) is 4.56. The van der Waals surface area contributed by atoms with Crippen LogP contribution < -0.4 is 10.1 Å². The molecule has 5 rings (SSSR count). The van der Waals surface area contributed by atoms with Crippen LogP contribution in [0.15, 0.2) is 77.3 Å². The van der Waals surface area contributed by atoms with Crippen LogP contribution in [0.4, 0.5) is 5.69 Å². The van der Waals surface area contributed by atoms with Gasteiger partial charge in [0.25, 0.3) is 5.91 Å². The lowest BCUT2D eigenvalue weighted by molar-refractivity contribution is 0.102. The maximum absolute atomic E-state index is 13.1. The summed E-state index contributed by atoms with van der Waals surface area (Å²) in [7, 11) is 1.56. The highest BCUT2D eigenvalue weighted by Gasteiger charge is 2.18. The minimum atomic E-state index is -0.265. The molecule has 0 atom stereocenters. The van der Waals surface area contributed by atoms with Crippen LogP contribution in [0.3, 0.4) is 0 Å². The van der Waals surface area contributed by atoms with Gasteiger partial charge in [-0.1, -0.05) is 42.0 Å². The van der Waals surface area contributed by atoms with E-state index in [1.807, 2.05) is 79.7 Å². The van der Waals surface area contributed by atoms with E-state index in [2.05, 4.69) is 31.4 Å². The minimum absolute atomic E-state index is 0.265. The molecule has 5 aromatic rings. The third-order valence-corrected chi connectivity index (χ3v) is 6.08. The van der Waals surface area contributed by atoms with Crippen molar-refractivity contribution in [1.29, 1.82) is 0 Å². The molecule has 158 valence electrons. The van der Waals surface area contributed by atoms with Crippen LogP contribution in [0.1, 0.15) is 15.9 Å². The van der Waals surface area contributed by atoms with E-state index >= 15 is 0 Å². The second kappa shape index (κ2) is 8.09. The number of amides is 1. The fraction of sp³-hybridized carbons (Fsp3) is 0.0800. The molecule has 7 heteroatoms. The van der Waals surface area contributed by atoms with Crippen molar-refractivity contribution in [2.75, 3.05) is 12.4 Å². The van der Waals surface area contributed by atoms with Gasteiger partial charge in [0.2, 0.25) is 0 Å². The summed E-state index contributed by atoms with van der Waals surface area (Å²) in [6, 6.07) is 23.1. The number of aromatic nitrogens is 3. The van der Waals surface area contributed by atoms with Crippen LogP contribution in [0.2, 0.25) is 0 Å². The SMILES string of the molecule is COc1c(C(=O)Nc2ccc3nn(-c4ccc(C)cc4)nc3c2)cc2ccccc2c1Br. The molecule has 0 aliphatic carbocycles. The molecule has 0 aliphatic rings. The normalized spacial score (nSPS) is 11.1. The number of nitrogens with zero attached hydrogens (tertiary/aromatic N) is 3. The highest BCUT2D eigenvalue weighted by Crippen LogP contribution is 2.37.